The highest BCUT2D eigenvalue weighted by Gasteiger charge is 2.17. The molecule has 0 N–H and O–H groups in total. The molecular formula is C31H25N. The lowest BCUT2D eigenvalue weighted by atomic mass is 9.91. The van der Waals surface area contributed by atoms with Crippen LogP contribution in [0.2, 0.25) is 0 Å². The van der Waals surface area contributed by atoms with E-state index >= 15 is 0 Å². The van der Waals surface area contributed by atoms with Crippen LogP contribution in [-0.4, -0.2) is 4.98 Å². The molecule has 0 saturated heterocycles. The van der Waals surface area contributed by atoms with E-state index in [0.717, 1.165) is 23.4 Å². The van der Waals surface area contributed by atoms with E-state index in [1.807, 2.05) is 0 Å². The second-order valence-electron chi connectivity index (χ2n) is 8.10. The van der Waals surface area contributed by atoms with Crippen LogP contribution in [0.15, 0.2) is 121 Å². The standard InChI is InChI=1S/C31H25N/c1-23-13-11-12-20-28(23)31-27(21-24-14-5-2-6-15-24)22-29(25-16-7-3-8-17-25)30(32-31)26-18-9-4-10-19-26/h2-20,22H,21H2,1H3. The van der Waals surface area contributed by atoms with Gasteiger partial charge >= 0.3 is 0 Å². The monoisotopic (exact) mass is 411 g/mol. The summed E-state index contributed by atoms with van der Waals surface area (Å²) in [7, 11) is 0. The minimum absolute atomic E-state index is 0.840. The van der Waals surface area contributed by atoms with Crippen LogP contribution in [-0.2, 0) is 6.42 Å². The van der Waals surface area contributed by atoms with E-state index in [9.17, 15) is 0 Å². The van der Waals surface area contributed by atoms with Crippen molar-refractivity contribution in [2.45, 2.75) is 13.3 Å². The van der Waals surface area contributed by atoms with Crippen molar-refractivity contribution in [2.75, 3.05) is 0 Å². The SMILES string of the molecule is Cc1ccccc1-c1nc(-c2ccccc2)c(-c2ccccc2)cc1Cc1ccccc1. The van der Waals surface area contributed by atoms with Gasteiger partial charge in [-0.05, 0) is 41.7 Å². The van der Waals surface area contributed by atoms with Crippen molar-refractivity contribution in [1.29, 1.82) is 0 Å². The van der Waals surface area contributed by atoms with E-state index in [1.165, 1.54) is 33.4 Å². The maximum Gasteiger partial charge on any atom is 0.0788 e. The van der Waals surface area contributed by atoms with Crippen LogP contribution >= 0.6 is 0 Å². The molecule has 1 heteroatoms. The molecule has 0 radical (unpaired) electrons. The average molecular weight is 412 g/mol. The van der Waals surface area contributed by atoms with Crippen LogP contribution in [0.25, 0.3) is 33.6 Å². The summed E-state index contributed by atoms with van der Waals surface area (Å²) in [5.74, 6) is 0. The van der Waals surface area contributed by atoms with Gasteiger partial charge in [-0.3, -0.25) is 0 Å². The molecule has 1 nitrogen and oxygen atoms in total. The molecule has 32 heavy (non-hydrogen) atoms. The first kappa shape index (κ1) is 20.0. The summed E-state index contributed by atoms with van der Waals surface area (Å²) in [6.45, 7) is 2.16. The highest BCUT2D eigenvalue weighted by atomic mass is 14.7. The Morgan fingerprint density at radius 3 is 1.75 bits per heavy atom. The second-order valence-corrected chi connectivity index (χ2v) is 8.10. The number of nitrogens with zero attached hydrogens (tertiary/aromatic N) is 1. The zero-order valence-electron chi connectivity index (χ0n) is 18.2. The lowest BCUT2D eigenvalue weighted by Gasteiger charge is -2.18. The Morgan fingerprint density at radius 1 is 0.531 bits per heavy atom. The van der Waals surface area contributed by atoms with Gasteiger partial charge in [0.15, 0.2) is 0 Å². The molecule has 4 aromatic carbocycles. The van der Waals surface area contributed by atoms with E-state index < -0.39 is 0 Å². The Morgan fingerprint density at radius 2 is 1.09 bits per heavy atom. The summed E-state index contributed by atoms with van der Waals surface area (Å²) in [6, 6.07) is 42.6. The lowest BCUT2D eigenvalue weighted by Crippen LogP contribution is -2.01. The third kappa shape index (κ3) is 4.10. The zero-order chi connectivity index (χ0) is 21.8. The highest BCUT2D eigenvalue weighted by Crippen LogP contribution is 2.37. The fourth-order valence-electron chi connectivity index (χ4n) is 4.23. The van der Waals surface area contributed by atoms with Gasteiger partial charge in [0.25, 0.3) is 0 Å². The Kier molecular flexibility index (Phi) is 5.63. The number of hydrogen-bond acceptors (Lipinski definition) is 1. The lowest BCUT2D eigenvalue weighted by molar-refractivity contribution is 1.15. The van der Waals surface area contributed by atoms with Gasteiger partial charge in [0.05, 0.1) is 11.4 Å². The predicted octanol–water partition coefficient (Wildman–Crippen LogP) is 7.98. The van der Waals surface area contributed by atoms with Crippen LogP contribution in [0.4, 0.5) is 0 Å². The molecule has 0 unspecified atom stereocenters. The Labute approximate surface area is 190 Å². The van der Waals surface area contributed by atoms with Gasteiger partial charge in [-0.15, -0.1) is 0 Å². The predicted molar refractivity (Wildman–Crippen MR) is 135 cm³/mol. The number of hydrogen-bond donors (Lipinski definition) is 0. The van der Waals surface area contributed by atoms with Crippen LogP contribution in [0.3, 0.4) is 0 Å². The second kappa shape index (κ2) is 9.03. The first-order valence-corrected chi connectivity index (χ1v) is 11.0. The highest BCUT2D eigenvalue weighted by molar-refractivity contribution is 5.84. The van der Waals surface area contributed by atoms with Gasteiger partial charge in [0.1, 0.15) is 0 Å². The number of aryl methyl sites for hydroxylation is 1. The minimum Gasteiger partial charge on any atom is -0.247 e. The molecule has 0 aliphatic heterocycles. The van der Waals surface area contributed by atoms with Crippen LogP contribution in [0, 0.1) is 6.92 Å². The molecule has 1 heterocycles. The van der Waals surface area contributed by atoms with E-state index in [4.69, 9.17) is 4.98 Å². The van der Waals surface area contributed by atoms with Crippen molar-refractivity contribution in [3.8, 4) is 33.6 Å². The quantitative estimate of drug-likeness (QED) is 0.286. The van der Waals surface area contributed by atoms with Crippen molar-refractivity contribution < 1.29 is 0 Å². The van der Waals surface area contributed by atoms with Gasteiger partial charge in [-0.1, -0.05) is 115 Å². The third-order valence-electron chi connectivity index (χ3n) is 5.87. The molecule has 0 bridgehead atoms. The normalized spacial score (nSPS) is 10.8. The fourth-order valence-corrected chi connectivity index (χ4v) is 4.23. The number of rotatable bonds is 5. The molecule has 0 fully saturated rings. The fraction of sp³-hybridized carbons (Fsp3) is 0.0645. The molecular weight excluding hydrogens is 386 g/mol. The zero-order valence-corrected chi connectivity index (χ0v) is 18.2. The van der Waals surface area contributed by atoms with Crippen molar-refractivity contribution in [2.24, 2.45) is 0 Å². The number of aromatic nitrogens is 1. The molecule has 154 valence electrons. The molecule has 5 aromatic rings. The summed E-state index contributed by atoms with van der Waals surface area (Å²) >= 11 is 0. The molecule has 1 aromatic heterocycles. The van der Waals surface area contributed by atoms with E-state index in [-0.39, 0.29) is 0 Å². The molecule has 0 saturated carbocycles. The third-order valence-corrected chi connectivity index (χ3v) is 5.87. The molecule has 0 spiro atoms. The Balaban J connectivity index is 1.79. The molecule has 0 amide bonds. The summed E-state index contributed by atoms with van der Waals surface area (Å²) in [5, 5.41) is 0. The minimum atomic E-state index is 0.840. The van der Waals surface area contributed by atoms with Crippen LogP contribution in [0.5, 0.6) is 0 Å². The molecule has 0 aliphatic carbocycles. The number of benzene rings is 4. The summed E-state index contributed by atoms with van der Waals surface area (Å²) in [6.07, 6.45) is 0.840. The van der Waals surface area contributed by atoms with Crippen molar-refractivity contribution in [1.82, 2.24) is 4.98 Å². The topological polar surface area (TPSA) is 12.9 Å². The van der Waals surface area contributed by atoms with Crippen molar-refractivity contribution in [3.05, 3.63) is 138 Å². The van der Waals surface area contributed by atoms with Crippen molar-refractivity contribution in [3.63, 3.8) is 0 Å². The molecule has 5 rings (SSSR count). The first-order valence-electron chi connectivity index (χ1n) is 11.0. The van der Waals surface area contributed by atoms with Gasteiger partial charge in [0.2, 0.25) is 0 Å². The van der Waals surface area contributed by atoms with Gasteiger partial charge in [0, 0.05) is 16.7 Å². The number of pyridine rings is 1. The van der Waals surface area contributed by atoms with E-state index in [1.54, 1.807) is 0 Å². The van der Waals surface area contributed by atoms with Crippen LogP contribution in [0.1, 0.15) is 16.7 Å². The van der Waals surface area contributed by atoms with Crippen molar-refractivity contribution >= 4 is 0 Å². The van der Waals surface area contributed by atoms with Gasteiger partial charge < -0.3 is 0 Å². The Bertz CT molecular complexity index is 1320. The summed E-state index contributed by atoms with van der Waals surface area (Å²) in [4.78, 5) is 5.35. The largest absolute Gasteiger partial charge is 0.247 e. The summed E-state index contributed by atoms with van der Waals surface area (Å²) in [5.41, 5.74) is 10.5. The maximum absolute atomic E-state index is 5.35. The maximum atomic E-state index is 5.35. The van der Waals surface area contributed by atoms with Crippen LogP contribution < -0.4 is 0 Å². The van der Waals surface area contributed by atoms with Gasteiger partial charge in [-0.25, -0.2) is 4.98 Å². The summed E-state index contributed by atoms with van der Waals surface area (Å²) < 4.78 is 0. The molecule has 0 atom stereocenters. The average Bonchev–Trinajstić information content (AvgIpc) is 2.86. The van der Waals surface area contributed by atoms with Gasteiger partial charge in [-0.2, -0.15) is 0 Å². The van der Waals surface area contributed by atoms with E-state index in [2.05, 4.69) is 128 Å². The Hall–Kier alpha value is -3.97. The first-order chi connectivity index (χ1) is 15.8. The smallest absolute Gasteiger partial charge is 0.0788 e. The van der Waals surface area contributed by atoms with E-state index in [0.29, 0.717) is 0 Å². The molecule has 0 aliphatic rings.